The number of ether oxygens (including phenoxy) is 2. The Morgan fingerprint density at radius 1 is 0.390 bits per heavy atom. The van der Waals surface area contributed by atoms with Crippen molar-refractivity contribution in [1.82, 2.24) is 0 Å². The zero-order chi connectivity index (χ0) is 59.8. The number of hydrogen-bond acceptors (Lipinski definition) is 7. The average molecular weight is 1170 g/mol. The van der Waals surface area contributed by atoms with Gasteiger partial charge < -0.3 is 18.9 Å². The first-order valence-corrected chi connectivity index (χ1v) is 35.5. The summed E-state index contributed by atoms with van der Waals surface area (Å²) in [6.07, 6.45) is 86.6. The molecule has 0 rings (SSSR count). The highest BCUT2D eigenvalue weighted by Crippen LogP contribution is 2.43. The summed E-state index contributed by atoms with van der Waals surface area (Å²) >= 11 is 0. The Hall–Kier alpha value is -3.07. The number of unbranched alkanes of at least 4 members (excludes halogenated alkanes) is 32. The molecule has 0 saturated heterocycles. The van der Waals surface area contributed by atoms with E-state index in [9.17, 15) is 19.0 Å². The number of esters is 2. The number of carbonyl (C=O) groups is 2. The number of phosphoric ester groups is 1. The van der Waals surface area contributed by atoms with Crippen molar-refractivity contribution in [3.63, 3.8) is 0 Å². The van der Waals surface area contributed by atoms with Gasteiger partial charge in [0.2, 0.25) is 0 Å². The maximum Gasteiger partial charge on any atom is 0.472 e. The van der Waals surface area contributed by atoms with Crippen LogP contribution in [0.25, 0.3) is 0 Å². The second-order valence-corrected chi connectivity index (χ2v) is 25.3. The van der Waals surface area contributed by atoms with E-state index in [1.54, 1.807) is 0 Å². The van der Waals surface area contributed by atoms with Gasteiger partial charge in [-0.3, -0.25) is 18.6 Å². The average Bonchev–Trinajstić information content (AvgIpc) is 3.46. The van der Waals surface area contributed by atoms with Crippen molar-refractivity contribution < 1.29 is 42.1 Å². The molecular formula is C72H129NO8P+. The zero-order valence-electron chi connectivity index (χ0n) is 54.0. The van der Waals surface area contributed by atoms with Gasteiger partial charge >= 0.3 is 19.8 Å². The summed E-state index contributed by atoms with van der Waals surface area (Å²) in [4.78, 5) is 35.8. The molecule has 0 aliphatic carbocycles. The van der Waals surface area contributed by atoms with Crippen molar-refractivity contribution in [3.05, 3.63) is 97.2 Å². The molecule has 0 radical (unpaired) electrons. The highest BCUT2D eigenvalue weighted by atomic mass is 31.2. The molecule has 474 valence electrons. The normalized spacial score (nSPS) is 13.8. The number of phosphoric acid groups is 1. The lowest BCUT2D eigenvalue weighted by Crippen LogP contribution is -2.37. The number of likely N-dealkylation sites (N-methyl/N-ethyl adjacent to an activating group) is 1. The number of quaternary nitrogens is 1. The highest BCUT2D eigenvalue weighted by molar-refractivity contribution is 7.47. The number of carbonyl (C=O) groups excluding carboxylic acids is 2. The lowest BCUT2D eigenvalue weighted by Gasteiger charge is -2.24. The molecule has 0 aliphatic rings. The fourth-order valence-electron chi connectivity index (χ4n) is 9.40. The highest BCUT2D eigenvalue weighted by Gasteiger charge is 2.27. The van der Waals surface area contributed by atoms with E-state index in [-0.39, 0.29) is 32.0 Å². The van der Waals surface area contributed by atoms with Gasteiger partial charge in [-0.15, -0.1) is 0 Å². The molecule has 0 saturated carbocycles. The fourth-order valence-corrected chi connectivity index (χ4v) is 10.1. The molecule has 82 heavy (non-hydrogen) atoms. The number of allylic oxidation sites excluding steroid dienone is 16. The summed E-state index contributed by atoms with van der Waals surface area (Å²) in [7, 11) is 1.45. The summed E-state index contributed by atoms with van der Waals surface area (Å²) in [6.45, 7) is 4.30. The van der Waals surface area contributed by atoms with E-state index in [1.165, 1.54) is 180 Å². The third kappa shape index (κ3) is 66.1. The van der Waals surface area contributed by atoms with Crippen molar-refractivity contribution in [2.24, 2.45) is 0 Å². The molecule has 0 spiro atoms. The molecule has 0 aliphatic heterocycles. The van der Waals surface area contributed by atoms with Crippen LogP contribution in [0, 0.1) is 0 Å². The molecule has 2 atom stereocenters. The van der Waals surface area contributed by atoms with E-state index >= 15 is 0 Å². The van der Waals surface area contributed by atoms with Crippen LogP contribution in [-0.2, 0) is 32.7 Å². The Morgan fingerprint density at radius 2 is 0.695 bits per heavy atom. The van der Waals surface area contributed by atoms with Gasteiger partial charge in [0, 0.05) is 12.8 Å². The van der Waals surface area contributed by atoms with E-state index in [0.717, 1.165) is 83.5 Å². The van der Waals surface area contributed by atoms with E-state index in [1.807, 2.05) is 21.1 Å². The Morgan fingerprint density at radius 3 is 1.06 bits per heavy atom. The largest absolute Gasteiger partial charge is 0.472 e. The van der Waals surface area contributed by atoms with Crippen molar-refractivity contribution in [1.29, 1.82) is 0 Å². The van der Waals surface area contributed by atoms with E-state index in [4.69, 9.17) is 18.5 Å². The molecule has 0 amide bonds. The number of hydrogen-bond donors (Lipinski definition) is 1. The smallest absolute Gasteiger partial charge is 0.462 e. The molecular weight excluding hydrogens is 1040 g/mol. The maximum absolute atomic E-state index is 12.8. The first-order chi connectivity index (χ1) is 40.0. The van der Waals surface area contributed by atoms with Crippen LogP contribution in [0.15, 0.2) is 97.2 Å². The predicted octanol–water partition coefficient (Wildman–Crippen LogP) is 21.9. The zero-order valence-corrected chi connectivity index (χ0v) is 54.8. The van der Waals surface area contributed by atoms with Gasteiger partial charge in [-0.1, -0.05) is 284 Å². The lowest BCUT2D eigenvalue weighted by atomic mass is 10.0. The minimum Gasteiger partial charge on any atom is -0.462 e. The molecule has 1 N–H and O–H groups in total. The topological polar surface area (TPSA) is 108 Å². The van der Waals surface area contributed by atoms with Gasteiger partial charge in [-0.25, -0.2) is 4.57 Å². The molecule has 0 aromatic carbocycles. The quantitative estimate of drug-likeness (QED) is 0.0211. The van der Waals surface area contributed by atoms with Crippen LogP contribution >= 0.6 is 7.82 Å². The predicted molar refractivity (Wildman–Crippen MR) is 353 cm³/mol. The Balaban J connectivity index is 4.09. The minimum absolute atomic E-state index is 0.0211. The van der Waals surface area contributed by atoms with Gasteiger partial charge in [0.1, 0.15) is 19.8 Å². The van der Waals surface area contributed by atoms with Crippen LogP contribution in [0.2, 0.25) is 0 Å². The van der Waals surface area contributed by atoms with Gasteiger partial charge in [0.25, 0.3) is 0 Å². The Bertz CT molecular complexity index is 1710. The molecule has 9 nitrogen and oxygen atoms in total. The second kappa shape index (κ2) is 62.5. The molecule has 0 bridgehead atoms. The SMILES string of the molecule is CC/C=C\C/C=C\C/C=C\C/C=C\C/C=C\C/C=C\C/C=C\CCCCCC(=O)OC(COC(=O)CCCCCCCCCCCCCCCCCCCCCCC/C=C\CCCCCCCCCC)COP(=O)(O)OCC[N+](C)(C)C. The van der Waals surface area contributed by atoms with Crippen LogP contribution in [0.3, 0.4) is 0 Å². The van der Waals surface area contributed by atoms with E-state index in [2.05, 4.69) is 111 Å². The fraction of sp³-hybridized carbons (Fsp3) is 0.750. The third-order valence-corrected chi connectivity index (χ3v) is 15.6. The summed E-state index contributed by atoms with van der Waals surface area (Å²) in [5, 5.41) is 0. The summed E-state index contributed by atoms with van der Waals surface area (Å²) in [5.74, 6) is -0.831. The van der Waals surface area contributed by atoms with Crippen molar-refractivity contribution in [2.75, 3.05) is 47.5 Å². The van der Waals surface area contributed by atoms with Crippen LogP contribution in [0.1, 0.15) is 296 Å². The molecule has 2 unspecified atom stereocenters. The summed E-state index contributed by atoms with van der Waals surface area (Å²) < 4.78 is 34.6. The first-order valence-electron chi connectivity index (χ1n) is 34.0. The standard InChI is InChI=1S/C72H128NO8P/c1-6-8-10-12-14-16-18-20-22-24-26-28-30-32-33-34-35-36-37-38-39-41-42-44-46-48-50-52-54-56-58-60-62-64-71(74)78-68-70(69-80-82(76,77)79-67-66-73(3,4)5)81-72(75)65-63-61-59-57-55-53-51-49-47-45-43-40-31-29-27-25-23-21-19-17-15-13-11-9-7-2/h9,11,15,17,21,23-24,26-27,29,40,43,47,49,53,55,70H,6-8,10,12-14,16,18-20,22,25,28,30-39,41-42,44-46,48,50-52,54,56-69H2,1-5H3/p+1/b11-9-,17-15-,23-21-,26-24-,29-27-,43-40-,49-47-,55-53-. The lowest BCUT2D eigenvalue weighted by molar-refractivity contribution is -0.870. The van der Waals surface area contributed by atoms with Crippen LogP contribution in [-0.4, -0.2) is 74.9 Å². The first kappa shape index (κ1) is 78.9. The van der Waals surface area contributed by atoms with Gasteiger partial charge in [0.15, 0.2) is 6.10 Å². The molecule has 10 heteroatoms. The van der Waals surface area contributed by atoms with Crippen molar-refractivity contribution in [2.45, 2.75) is 302 Å². The van der Waals surface area contributed by atoms with Gasteiger partial charge in [-0.2, -0.15) is 0 Å². The minimum atomic E-state index is -4.41. The Labute approximate surface area is 506 Å². The summed E-state index contributed by atoms with van der Waals surface area (Å²) in [6, 6.07) is 0. The van der Waals surface area contributed by atoms with Crippen LogP contribution in [0.4, 0.5) is 0 Å². The monoisotopic (exact) mass is 1170 g/mol. The maximum atomic E-state index is 12.8. The van der Waals surface area contributed by atoms with Gasteiger partial charge in [0.05, 0.1) is 27.7 Å². The molecule has 0 aromatic heterocycles. The van der Waals surface area contributed by atoms with Gasteiger partial charge in [-0.05, 0) is 96.3 Å². The Kier molecular flexibility index (Phi) is 60.1. The number of nitrogens with zero attached hydrogens (tertiary/aromatic N) is 1. The van der Waals surface area contributed by atoms with Crippen molar-refractivity contribution in [3.8, 4) is 0 Å². The van der Waals surface area contributed by atoms with E-state index < -0.39 is 26.5 Å². The molecule has 0 aromatic rings. The number of rotatable bonds is 62. The van der Waals surface area contributed by atoms with E-state index in [0.29, 0.717) is 17.4 Å². The summed E-state index contributed by atoms with van der Waals surface area (Å²) in [5.41, 5.74) is 0. The van der Waals surface area contributed by atoms with Crippen LogP contribution < -0.4 is 0 Å². The van der Waals surface area contributed by atoms with Crippen LogP contribution in [0.5, 0.6) is 0 Å². The van der Waals surface area contributed by atoms with Crippen molar-refractivity contribution >= 4 is 19.8 Å². The molecule has 0 fully saturated rings. The molecule has 0 heterocycles. The third-order valence-electron chi connectivity index (χ3n) is 14.6. The second-order valence-electron chi connectivity index (χ2n) is 23.8.